The molecule has 0 radical (unpaired) electrons. The van der Waals surface area contributed by atoms with Crippen molar-refractivity contribution in [2.45, 2.75) is 26.4 Å². The molecule has 0 rings (SSSR count). The SMILES string of the molecule is COP(=O)(CCOOC(C)(C)C)OC. The van der Waals surface area contributed by atoms with Gasteiger partial charge in [-0.2, -0.15) is 0 Å². The first-order valence-electron chi connectivity index (χ1n) is 4.34. The molecule has 0 N–H and O–H groups in total. The van der Waals surface area contributed by atoms with E-state index in [0.29, 0.717) is 0 Å². The molecule has 0 spiro atoms. The second-order valence-corrected chi connectivity index (χ2v) is 6.12. The molecule has 0 unspecified atom stereocenters. The van der Waals surface area contributed by atoms with Gasteiger partial charge in [0.15, 0.2) is 0 Å². The Bertz CT molecular complexity index is 190. The summed E-state index contributed by atoms with van der Waals surface area (Å²) in [6.45, 7) is 5.76. The van der Waals surface area contributed by atoms with Gasteiger partial charge in [0.1, 0.15) is 0 Å². The van der Waals surface area contributed by atoms with Crippen molar-refractivity contribution in [1.82, 2.24) is 0 Å². The summed E-state index contributed by atoms with van der Waals surface area (Å²) < 4.78 is 20.9. The van der Waals surface area contributed by atoms with Crippen LogP contribution in [0, 0.1) is 0 Å². The van der Waals surface area contributed by atoms with Crippen LogP contribution in [0.5, 0.6) is 0 Å². The van der Waals surface area contributed by atoms with Crippen LogP contribution >= 0.6 is 7.60 Å². The lowest BCUT2D eigenvalue weighted by atomic mass is 10.2. The van der Waals surface area contributed by atoms with Crippen LogP contribution in [0.25, 0.3) is 0 Å². The molecular formula is C8H19O5P. The fourth-order valence-electron chi connectivity index (χ4n) is 0.625. The fraction of sp³-hybridized carbons (Fsp3) is 1.00. The van der Waals surface area contributed by atoms with Gasteiger partial charge in [-0.3, -0.25) is 4.57 Å². The van der Waals surface area contributed by atoms with Crippen LogP contribution in [0.3, 0.4) is 0 Å². The van der Waals surface area contributed by atoms with Gasteiger partial charge in [0.2, 0.25) is 0 Å². The van der Waals surface area contributed by atoms with Crippen LogP contribution in [0.1, 0.15) is 20.8 Å². The number of hydrogen-bond acceptors (Lipinski definition) is 5. The molecule has 86 valence electrons. The molecule has 0 aromatic heterocycles. The third kappa shape index (κ3) is 6.51. The normalized spacial score (nSPS) is 13.2. The van der Waals surface area contributed by atoms with Gasteiger partial charge < -0.3 is 9.05 Å². The minimum absolute atomic E-state index is 0.177. The first kappa shape index (κ1) is 14.1. The highest BCUT2D eigenvalue weighted by atomic mass is 31.2. The maximum Gasteiger partial charge on any atom is 0.332 e. The lowest BCUT2D eigenvalue weighted by molar-refractivity contribution is -0.345. The molecule has 5 nitrogen and oxygen atoms in total. The summed E-state index contributed by atoms with van der Waals surface area (Å²) in [5.41, 5.74) is -0.371. The van der Waals surface area contributed by atoms with E-state index in [0.717, 1.165) is 0 Å². The zero-order valence-electron chi connectivity index (χ0n) is 9.40. The van der Waals surface area contributed by atoms with Crippen LogP contribution in [0.4, 0.5) is 0 Å². The van der Waals surface area contributed by atoms with Gasteiger partial charge in [0, 0.05) is 14.2 Å². The molecule has 0 aliphatic rings. The van der Waals surface area contributed by atoms with E-state index in [1.165, 1.54) is 14.2 Å². The van der Waals surface area contributed by atoms with Gasteiger partial charge >= 0.3 is 7.60 Å². The molecule has 0 saturated heterocycles. The third-order valence-corrected chi connectivity index (χ3v) is 3.16. The van der Waals surface area contributed by atoms with Gasteiger partial charge in [-0.25, -0.2) is 9.78 Å². The van der Waals surface area contributed by atoms with Crippen LogP contribution in [-0.2, 0) is 23.4 Å². The van der Waals surface area contributed by atoms with Crippen molar-refractivity contribution in [3.63, 3.8) is 0 Å². The molecule has 0 aliphatic carbocycles. The van der Waals surface area contributed by atoms with Gasteiger partial charge in [0.05, 0.1) is 18.4 Å². The molecule has 0 saturated carbocycles. The van der Waals surface area contributed by atoms with E-state index >= 15 is 0 Å². The summed E-state index contributed by atoms with van der Waals surface area (Å²) in [7, 11) is -0.284. The van der Waals surface area contributed by atoms with Crippen LogP contribution in [0.15, 0.2) is 0 Å². The molecule has 0 atom stereocenters. The Kier molecular flexibility index (Phi) is 5.86. The summed E-state index contributed by atoms with van der Waals surface area (Å²) in [6.07, 6.45) is 0.177. The van der Waals surface area contributed by atoms with E-state index in [-0.39, 0.29) is 18.4 Å². The van der Waals surface area contributed by atoms with Gasteiger partial charge in [-0.15, -0.1) is 0 Å². The Hall–Kier alpha value is 0.0700. The van der Waals surface area contributed by atoms with E-state index in [1.807, 2.05) is 20.8 Å². The zero-order chi connectivity index (χ0) is 11.2. The fourth-order valence-corrected chi connectivity index (χ4v) is 1.44. The molecular weight excluding hydrogens is 207 g/mol. The second-order valence-electron chi connectivity index (χ2n) is 3.72. The average Bonchev–Trinajstić information content (AvgIpc) is 2.11. The van der Waals surface area contributed by atoms with Crippen molar-refractivity contribution in [3.8, 4) is 0 Å². The average molecular weight is 226 g/mol. The van der Waals surface area contributed by atoms with Crippen molar-refractivity contribution in [3.05, 3.63) is 0 Å². The van der Waals surface area contributed by atoms with E-state index in [2.05, 4.69) is 0 Å². The van der Waals surface area contributed by atoms with Crippen molar-refractivity contribution in [1.29, 1.82) is 0 Å². The molecule has 0 fully saturated rings. The summed E-state index contributed by atoms with van der Waals surface area (Å²) >= 11 is 0. The first-order valence-corrected chi connectivity index (χ1v) is 6.07. The zero-order valence-corrected chi connectivity index (χ0v) is 10.3. The number of hydrogen-bond donors (Lipinski definition) is 0. The summed E-state index contributed by atoms with van der Waals surface area (Å²) in [6, 6.07) is 0. The second kappa shape index (κ2) is 5.83. The van der Waals surface area contributed by atoms with E-state index < -0.39 is 7.60 Å². The van der Waals surface area contributed by atoms with Crippen molar-refractivity contribution >= 4 is 7.60 Å². The topological polar surface area (TPSA) is 54.0 Å². The van der Waals surface area contributed by atoms with Crippen molar-refractivity contribution in [2.75, 3.05) is 27.0 Å². The van der Waals surface area contributed by atoms with E-state index in [9.17, 15) is 4.57 Å². The lowest BCUT2D eigenvalue weighted by Crippen LogP contribution is -2.20. The van der Waals surface area contributed by atoms with Crippen molar-refractivity contribution < 1.29 is 23.4 Å². The summed E-state index contributed by atoms with van der Waals surface area (Å²) in [5, 5.41) is 0. The molecule has 0 heterocycles. The summed E-state index contributed by atoms with van der Waals surface area (Å²) in [5.74, 6) is 0. The highest BCUT2D eigenvalue weighted by molar-refractivity contribution is 7.53. The lowest BCUT2D eigenvalue weighted by Gasteiger charge is -2.18. The van der Waals surface area contributed by atoms with Crippen LogP contribution < -0.4 is 0 Å². The quantitative estimate of drug-likeness (QED) is 0.301. The molecule has 0 aromatic carbocycles. The largest absolute Gasteiger partial charge is 0.332 e. The maximum absolute atomic E-state index is 11.5. The Morgan fingerprint density at radius 3 is 2.00 bits per heavy atom. The predicted molar refractivity (Wildman–Crippen MR) is 53.3 cm³/mol. The molecule has 14 heavy (non-hydrogen) atoms. The molecule has 0 aliphatic heterocycles. The highest BCUT2D eigenvalue weighted by Gasteiger charge is 2.21. The molecule has 0 amide bonds. The Morgan fingerprint density at radius 1 is 1.14 bits per heavy atom. The van der Waals surface area contributed by atoms with Crippen LogP contribution in [-0.4, -0.2) is 32.6 Å². The van der Waals surface area contributed by atoms with Gasteiger partial charge in [0.25, 0.3) is 0 Å². The van der Waals surface area contributed by atoms with Gasteiger partial charge in [-0.05, 0) is 20.8 Å². The minimum atomic E-state index is -2.97. The monoisotopic (exact) mass is 226 g/mol. The standard InChI is InChI=1S/C8H19O5P/c1-8(2,3)13-12-6-7-14(9,10-4)11-5/h6-7H2,1-5H3. The highest BCUT2D eigenvalue weighted by Crippen LogP contribution is 2.45. The Balaban J connectivity index is 3.69. The van der Waals surface area contributed by atoms with Gasteiger partial charge in [-0.1, -0.05) is 0 Å². The smallest absolute Gasteiger partial charge is 0.312 e. The third-order valence-electron chi connectivity index (χ3n) is 1.31. The van der Waals surface area contributed by atoms with Crippen molar-refractivity contribution in [2.24, 2.45) is 0 Å². The predicted octanol–water partition coefficient (Wildman–Crippen LogP) is 2.22. The molecule has 0 aromatic rings. The van der Waals surface area contributed by atoms with E-state index in [1.54, 1.807) is 0 Å². The molecule has 0 bridgehead atoms. The number of rotatable bonds is 6. The first-order chi connectivity index (χ1) is 6.33. The summed E-state index contributed by atoms with van der Waals surface area (Å²) in [4.78, 5) is 9.85. The maximum atomic E-state index is 11.5. The van der Waals surface area contributed by atoms with Crippen LogP contribution in [0.2, 0.25) is 0 Å². The van der Waals surface area contributed by atoms with E-state index in [4.69, 9.17) is 18.8 Å². The minimum Gasteiger partial charge on any atom is -0.312 e. The Morgan fingerprint density at radius 2 is 1.64 bits per heavy atom. The molecule has 6 heteroatoms. The Labute approximate surface area is 85.1 Å².